The maximum Gasteiger partial charge on any atom is 0.131 e. The number of hydrogen-bond acceptors (Lipinski definition) is 3. The average molecular weight is 293 g/mol. The van der Waals surface area contributed by atoms with Crippen LogP contribution in [0.5, 0.6) is 0 Å². The van der Waals surface area contributed by atoms with E-state index >= 15 is 0 Å². The summed E-state index contributed by atoms with van der Waals surface area (Å²) in [5, 5.41) is 3.95. The van der Waals surface area contributed by atoms with Crippen molar-refractivity contribution >= 4 is 28.8 Å². The molecule has 4 heteroatoms. The van der Waals surface area contributed by atoms with Crippen LogP contribution in [0.4, 0.5) is 5.82 Å². The Labute approximate surface area is 122 Å². The topological polar surface area (TPSA) is 24.9 Å². The van der Waals surface area contributed by atoms with Gasteiger partial charge in [0.2, 0.25) is 0 Å². The Hall–Kier alpha value is -1.06. The van der Waals surface area contributed by atoms with Crippen molar-refractivity contribution in [1.82, 2.24) is 4.98 Å². The van der Waals surface area contributed by atoms with Crippen molar-refractivity contribution in [3.63, 3.8) is 0 Å². The van der Waals surface area contributed by atoms with Gasteiger partial charge in [-0.3, -0.25) is 0 Å². The number of fused-ring (bicyclic) bond motifs is 1. The summed E-state index contributed by atoms with van der Waals surface area (Å²) < 4.78 is 0. The molecule has 0 radical (unpaired) electrons. The van der Waals surface area contributed by atoms with E-state index in [9.17, 15) is 0 Å². The molecule has 0 amide bonds. The third kappa shape index (κ3) is 2.93. The number of thiophene rings is 1. The van der Waals surface area contributed by atoms with E-state index in [0.717, 1.165) is 5.82 Å². The van der Waals surface area contributed by atoms with Crippen LogP contribution in [0.2, 0.25) is 5.15 Å². The molecular weight excluding hydrogens is 276 g/mol. The molecule has 1 atom stereocenters. The summed E-state index contributed by atoms with van der Waals surface area (Å²) >= 11 is 7.85. The first-order chi connectivity index (χ1) is 9.22. The largest absolute Gasteiger partial charge is 0.363 e. The van der Waals surface area contributed by atoms with Gasteiger partial charge in [0.1, 0.15) is 11.0 Å². The van der Waals surface area contributed by atoms with Gasteiger partial charge >= 0.3 is 0 Å². The SMILES string of the molecule is CC(Nc1cccc(Cl)n1)c1cc2c(s1)CCCC2. The summed E-state index contributed by atoms with van der Waals surface area (Å²) in [6.45, 7) is 2.18. The second-order valence-corrected chi connectivity index (χ2v) is 6.57. The molecule has 3 rings (SSSR count). The Balaban J connectivity index is 1.76. The number of rotatable bonds is 3. The number of aryl methyl sites for hydroxylation is 2. The first-order valence-corrected chi connectivity index (χ1v) is 7.92. The van der Waals surface area contributed by atoms with Crippen LogP contribution in [0, 0.1) is 0 Å². The monoisotopic (exact) mass is 292 g/mol. The molecule has 0 spiro atoms. The highest BCUT2D eigenvalue weighted by Crippen LogP contribution is 2.33. The van der Waals surface area contributed by atoms with Gasteiger partial charge in [-0.25, -0.2) is 4.98 Å². The van der Waals surface area contributed by atoms with E-state index in [4.69, 9.17) is 11.6 Å². The minimum absolute atomic E-state index is 0.279. The van der Waals surface area contributed by atoms with Crippen LogP contribution in [0.3, 0.4) is 0 Å². The molecule has 2 nitrogen and oxygen atoms in total. The quantitative estimate of drug-likeness (QED) is 0.818. The van der Waals surface area contributed by atoms with E-state index in [1.807, 2.05) is 23.5 Å². The van der Waals surface area contributed by atoms with Crippen molar-refractivity contribution in [2.75, 3.05) is 5.32 Å². The number of halogens is 1. The lowest BCUT2D eigenvalue weighted by molar-refractivity contribution is 0.696. The molecule has 0 bridgehead atoms. The van der Waals surface area contributed by atoms with Crippen molar-refractivity contribution in [3.8, 4) is 0 Å². The maximum atomic E-state index is 5.91. The Morgan fingerprint density at radius 3 is 2.95 bits per heavy atom. The molecule has 0 saturated heterocycles. The van der Waals surface area contributed by atoms with E-state index in [2.05, 4.69) is 23.3 Å². The Morgan fingerprint density at radius 1 is 1.32 bits per heavy atom. The standard InChI is InChI=1S/C15H17ClN2S/c1-10(17-15-8-4-7-14(16)18-15)13-9-11-5-2-3-6-12(11)19-13/h4,7-10H,2-3,5-6H2,1H3,(H,17,18). The molecule has 0 saturated carbocycles. The van der Waals surface area contributed by atoms with Gasteiger partial charge in [-0.05, 0) is 56.4 Å². The predicted octanol–water partition coefficient (Wildman–Crippen LogP) is 4.85. The lowest BCUT2D eigenvalue weighted by Gasteiger charge is -2.12. The molecule has 1 aliphatic carbocycles. The van der Waals surface area contributed by atoms with Crippen LogP contribution in [0.1, 0.15) is 41.1 Å². The van der Waals surface area contributed by atoms with Crippen molar-refractivity contribution in [2.24, 2.45) is 0 Å². The number of pyridine rings is 1. The van der Waals surface area contributed by atoms with Crippen LogP contribution in [0.25, 0.3) is 0 Å². The number of anilines is 1. The molecule has 0 aromatic carbocycles. The fraction of sp³-hybridized carbons (Fsp3) is 0.400. The highest BCUT2D eigenvalue weighted by atomic mass is 35.5. The highest BCUT2D eigenvalue weighted by molar-refractivity contribution is 7.12. The summed E-state index contributed by atoms with van der Waals surface area (Å²) in [7, 11) is 0. The van der Waals surface area contributed by atoms with Gasteiger partial charge in [0.05, 0.1) is 6.04 Å². The van der Waals surface area contributed by atoms with Gasteiger partial charge in [0.25, 0.3) is 0 Å². The van der Waals surface area contributed by atoms with Gasteiger partial charge < -0.3 is 5.32 Å². The second-order valence-electron chi connectivity index (χ2n) is 5.02. The number of aromatic nitrogens is 1. The Morgan fingerprint density at radius 2 is 2.16 bits per heavy atom. The summed E-state index contributed by atoms with van der Waals surface area (Å²) in [6, 6.07) is 8.31. The number of nitrogens with zero attached hydrogens (tertiary/aromatic N) is 1. The average Bonchev–Trinajstić information content (AvgIpc) is 2.82. The van der Waals surface area contributed by atoms with Crippen molar-refractivity contribution in [1.29, 1.82) is 0 Å². The van der Waals surface area contributed by atoms with Crippen molar-refractivity contribution < 1.29 is 0 Å². The molecule has 1 unspecified atom stereocenters. The fourth-order valence-corrected chi connectivity index (χ4v) is 3.93. The Kier molecular flexibility index (Phi) is 3.76. The third-order valence-corrected chi connectivity index (χ3v) is 5.15. The van der Waals surface area contributed by atoms with Crippen LogP contribution < -0.4 is 5.32 Å². The van der Waals surface area contributed by atoms with Crippen molar-refractivity contribution in [2.45, 2.75) is 38.6 Å². The molecular formula is C15H17ClN2S. The van der Waals surface area contributed by atoms with E-state index in [-0.39, 0.29) is 6.04 Å². The van der Waals surface area contributed by atoms with Crippen LogP contribution in [-0.2, 0) is 12.8 Å². The molecule has 2 heterocycles. The first-order valence-electron chi connectivity index (χ1n) is 6.73. The molecule has 2 aromatic heterocycles. The van der Waals surface area contributed by atoms with Gasteiger partial charge in [-0.1, -0.05) is 17.7 Å². The van der Waals surface area contributed by atoms with Crippen LogP contribution in [-0.4, -0.2) is 4.98 Å². The minimum atomic E-state index is 0.279. The van der Waals surface area contributed by atoms with E-state index in [0.29, 0.717) is 5.15 Å². The van der Waals surface area contributed by atoms with E-state index < -0.39 is 0 Å². The molecule has 2 aromatic rings. The molecule has 1 N–H and O–H groups in total. The predicted molar refractivity (Wildman–Crippen MR) is 82.2 cm³/mol. The van der Waals surface area contributed by atoms with Crippen LogP contribution >= 0.6 is 22.9 Å². The molecule has 1 aliphatic rings. The number of hydrogen-bond donors (Lipinski definition) is 1. The van der Waals surface area contributed by atoms with Gasteiger partial charge in [0.15, 0.2) is 0 Å². The maximum absolute atomic E-state index is 5.91. The number of nitrogens with one attached hydrogen (secondary N) is 1. The molecule has 100 valence electrons. The van der Waals surface area contributed by atoms with E-state index in [1.54, 1.807) is 16.5 Å². The van der Waals surface area contributed by atoms with Gasteiger partial charge in [0, 0.05) is 9.75 Å². The third-order valence-electron chi connectivity index (χ3n) is 3.52. The van der Waals surface area contributed by atoms with Gasteiger partial charge in [-0.15, -0.1) is 11.3 Å². The zero-order chi connectivity index (χ0) is 13.2. The summed E-state index contributed by atoms with van der Waals surface area (Å²) in [5.74, 6) is 0.839. The fourth-order valence-electron chi connectivity index (χ4n) is 2.51. The second kappa shape index (κ2) is 5.51. The molecule has 0 aliphatic heterocycles. The van der Waals surface area contributed by atoms with Crippen molar-refractivity contribution in [3.05, 3.63) is 44.7 Å². The van der Waals surface area contributed by atoms with Crippen LogP contribution in [0.15, 0.2) is 24.3 Å². The summed E-state index contributed by atoms with van der Waals surface area (Å²) in [5.41, 5.74) is 1.55. The van der Waals surface area contributed by atoms with E-state index in [1.165, 1.54) is 30.6 Å². The molecule has 19 heavy (non-hydrogen) atoms. The van der Waals surface area contributed by atoms with Gasteiger partial charge in [-0.2, -0.15) is 0 Å². The summed E-state index contributed by atoms with van der Waals surface area (Å²) in [6.07, 6.45) is 5.17. The normalized spacial score (nSPS) is 15.9. The minimum Gasteiger partial charge on any atom is -0.363 e. The lowest BCUT2D eigenvalue weighted by Crippen LogP contribution is -2.06. The lowest BCUT2D eigenvalue weighted by atomic mass is 9.99. The zero-order valence-electron chi connectivity index (χ0n) is 10.9. The highest BCUT2D eigenvalue weighted by Gasteiger charge is 2.16. The Bertz CT molecular complexity index is 556. The summed E-state index contributed by atoms with van der Waals surface area (Å²) in [4.78, 5) is 7.25. The smallest absolute Gasteiger partial charge is 0.131 e. The zero-order valence-corrected chi connectivity index (χ0v) is 12.5. The molecule has 0 fully saturated rings. The first kappa shape index (κ1) is 12.9.